The molecule has 0 spiro atoms. The van der Waals surface area contributed by atoms with Crippen molar-refractivity contribution in [3.63, 3.8) is 0 Å². The Morgan fingerprint density at radius 1 is 1.36 bits per heavy atom. The van der Waals surface area contributed by atoms with Crippen LogP contribution in [0.3, 0.4) is 0 Å². The molecular weight excluding hydrogens is 144 g/mol. The Morgan fingerprint density at radius 2 is 2.00 bits per heavy atom. The van der Waals surface area contributed by atoms with Gasteiger partial charge in [0.1, 0.15) is 0 Å². The standard InChI is InChI=1S/C6H14N4O/c7-8-6(11)10-9-5-3-1-2-4-5/h5,9H,1-4,7H2,(H2,8,10,11). The van der Waals surface area contributed by atoms with E-state index in [-0.39, 0.29) is 0 Å². The first-order valence-corrected chi connectivity index (χ1v) is 3.85. The number of hydrogen-bond acceptors (Lipinski definition) is 3. The van der Waals surface area contributed by atoms with Crippen LogP contribution in [-0.2, 0) is 0 Å². The maximum atomic E-state index is 10.6. The predicted octanol–water partition coefficient (Wildman–Crippen LogP) is -0.394. The van der Waals surface area contributed by atoms with E-state index >= 15 is 0 Å². The average Bonchev–Trinajstić information content (AvgIpc) is 2.52. The Labute approximate surface area is 65.6 Å². The summed E-state index contributed by atoms with van der Waals surface area (Å²) in [4.78, 5) is 10.6. The fourth-order valence-corrected chi connectivity index (χ4v) is 1.27. The van der Waals surface area contributed by atoms with Crippen molar-refractivity contribution in [1.29, 1.82) is 0 Å². The van der Waals surface area contributed by atoms with E-state index in [4.69, 9.17) is 5.84 Å². The van der Waals surface area contributed by atoms with Gasteiger partial charge in [-0.25, -0.2) is 16.1 Å². The second kappa shape index (κ2) is 4.15. The molecule has 5 nitrogen and oxygen atoms in total. The molecule has 5 heteroatoms. The summed E-state index contributed by atoms with van der Waals surface area (Å²) in [5.74, 6) is 4.85. The van der Waals surface area contributed by atoms with E-state index in [1.54, 1.807) is 0 Å². The Balaban J connectivity index is 2.06. The third kappa shape index (κ3) is 2.73. The maximum absolute atomic E-state index is 10.6. The zero-order valence-corrected chi connectivity index (χ0v) is 6.39. The molecule has 1 aliphatic rings. The number of hydrogen-bond donors (Lipinski definition) is 4. The molecule has 0 aromatic heterocycles. The largest absolute Gasteiger partial charge is 0.343 e. The molecule has 0 aliphatic heterocycles. The minimum atomic E-state index is -0.392. The molecule has 64 valence electrons. The van der Waals surface area contributed by atoms with Crippen LogP contribution in [0.15, 0.2) is 0 Å². The van der Waals surface area contributed by atoms with Crippen LogP contribution >= 0.6 is 0 Å². The summed E-state index contributed by atoms with van der Waals surface area (Å²) in [5, 5.41) is 0. The summed E-state index contributed by atoms with van der Waals surface area (Å²) in [6.07, 6.45) is 4.74. The predicted molar refractivity (Wildman–Crippen MR) is 41.2 cm³/mol. The fourth-order valence-electron chi connectivity index (χ4n) is 1.27. The van der Waals surface area contributed by atoms with Crippen LogP contribution in [0.5, 0.6) is 0 Å². The summed E-state index contributed by atoms with van der Waals surface area (Å²) in [6.45, 7) is 0. The van der Waals surface area contributed by atoms with E-state index in [0.717, 1.165) is 12.8 Å². The van der Waals surface area contributed by atoms with E-state index in [1.165, 1.54) is 12.8 Å². The smallest absolute Gasteiger partial charge is 0.275 e. The molecule has 1 rings (SSSR count). The van der Waals surface area contributed by atoms with Gasteiger partial charge in [-0.2, -0.15) is 0 Å². The highest BCUT2D eigenvalue weighted by Crippen LogP contribution is 2.16. The van der Waals surface area contributed by atoms with Crippen LogP contribution in [-0.4, -0.2) is 12.1 Å². The molecule has 1 fully saturated rings. The SMILES string of the molecule is NNC(=O)NNC1CCCC1. The van der Waals surface area contributed by atoms with Crippen LogP contribution in [0.25, 0.3) is 0 Å². The van der Waals surface area contributed by atoms with Gasteiger partial charge in [-0.3, -0.25) is 10.9 Å². The molecule has 1 aliphatic carbocycles. The molecular formula is C6H14N4O. The number of rotatable bonds is 2. The zero-order chi connectivity index (χ0) is 8.10. The van der Waals surface area contributed by atoms with Crippen LogP contribution in [0, 0.1) is 0 Å². The molecule has 0 aromatic carbocycles. The minimum Gasteiger partial charge on any atom is -0.275 e. The molecule has 0 bridgehead atoms. The second-order valence-electron chi connectivity index (χ2n) is 2.72. The lowest BCUT2D eigenvalue weighted by molar-refractivity contribution is 0.234. The van der Waals surface area contributed by atoms with Crippen molar-refractivity contribution in [3.8, 4) is 0 Å². The molecule has 0 radical (unpaired) electrons. The zero-order valence-electron chi connectivity index (χ0n) is 6.39. The Bertz CT molecular complexity index is 133. The Hall–Kier alpha value is -0.810. The van der Waals surface area contributed by atoms with Crippen LogP contribution < -0.4 is 22.1 Å². The third-order valence-corrected chi connectivity index (χ3v) is 1.88. The Kier molecular flexibility index (Phi) is 3.13. The number of nitrogens with two attached hydrogens (primary N) is 1. The minimum absolute atomic E-state index is 0.392. The molecule has 0 atom stereocenters. The van der Waals surface area contributed by atoms with Gasteiger partial charge in [0.05, 0.1) is 0 Å². The van der Waals surface area contributed by atoms with Crippen molar-refractivity contribution in [2.75, 3.05) is 0 Å². The summed E-state index contributed by atoms with van der Waals surface area (Å²) in [5.41, 5.74) is 7.32. The van der Waals surface area contributed by atoms with Crippen molar-refractivity contribution < 1.29 is 4.79 Å². The van der Waals surface area contributed by atoms with Crippen molar-refractivity contribution in [1.82, 2.24) is 16.3 Å². The van der Waals surface area contributed by atoms with Gasteiger partial charge in [-0.05, 0) is 12.8 Å². The lowest BCUT2D eigenvalue weighted by Crippen LogP contribution is -2.49. The second-order valence-corrected chi connectivity index (χ2v) is 2.72. The summed E-state index contributed by atoms with van der Waals surface area (Å²) < 4.78 is 0. The first-order chi connectivity index (χ1) is 5.33. The van der Waals surface area contributed by atoms with Gasteiger partial charge in [-0.1, -0.05) is 12.8 Å². The summed E-state index contributed by atoms with van der Waals surface area (Å²) in [6, 6.07) is 0.0317. The molecule has 0 unspecified atom stereocenters. The van der Waals surface area contributed by atoms with Gasteiger partial charge in [0, 0.05) is 6.04 Å². The van der Waals surface area contributed by atoms with E-state index in [1.807, 2.05) is 5.43 Å². The highest BCUT2D eigenvalue weighted by atomic mass is 16.2. The average molecular weight is 158 g/mol. The molecule has 0 aromatic rings. The van der Waals surface area contributed by atoms with E-state index < -0.39 is 6.03 Å². The molecule has 11 heavy (non-hydrogen) atoms. The maximum Gasteiger partial charge on any atom is 0.343 e. The number of nitrogens with one attached hydrogen (secondary N) is 3. The van der Waals surface area contributed by atoms with Gasteiger partial charge < -0.3 is 0 Å². The molecule has 0 saturated heterocycles. The lowest BCUT2D eigenvalue weighted by Gasteiger charge is -2.11. The lowest BCUT2D eigenvalue weighted by atomic mass is 10.3. The van der Waals surface area contributed by atoms with Crippen LogP contribution in [0.2, 0.25) is 0 Å². The topological polar surface area (TPSA) is 79.2 Å². The third-order valence-electron chi connectivity index (χ3n) is 1.88. The highest BCUT2D eigenvalue weighted by molar-refractivity contribution is 5.72. The van der Waals surface area contributed by atoms with E-state index in [0.29, 0.717) is 6.04 Å². The van der Waals surface area contributed by atoms with E-state index in [2.05, 4.69) is 10.9 Å². The summed E-state index contributed by atoms with van der Waals surface area (Å²) in [7, 11) is 0. The molecule has 1 saturated carbocycles. The van der Waals surface area contributed by atoms with Crippen molar-refractivity contribution in [3.05, 3.63) is 0 Å². The normalized spacial score (nSPS) is 18.3. The first-order valence-electron chi connectivity index (χ1n) is 3.85. The van der Waals surface area contributed by atoms with Gasteiger partial charge in [0.2, 0.25) is 0 Å². The number of urea groups is 1. The number of hydrazine groups is 2. The van der Waals surface area contributed by atoms with Crippen molar-refractivity contribution >= 4 is 6.03 Å². The molecule has 5 N–H and O–H groups in total. The Morgan fingerprint density at radius 3 is 2.55 bits per heavy atom. The van der Waals surface area contributed by atoms with Gasteiger partial charge >= 0.3 is 6.03 Å². The van der Waals surface area contributed by atoms with E-state index in [9.17, 15) is 4.79 Å². The number of carbonyl (C=O) groups excluding carboxylic acids is 1. The van der Waals surface area contributed by atoms with Gasteiger partial charge in [0.25, 0.3) is 0 Å². The first kappa shape index (κ1) is 8.29. The van der Waals surface area contributed by atoms with Crippen LogP contribution in [0.1, 0.15) is 25.7 Å². The number of amides is 2. The van der Waals surface area contributed by atoms with Gasteiger partial charge in [0.15, 0.2) is 0 Å². The molecule has 0 heterocycles. The van der Waals surface area contributed by atoms with Crippen molar-refractivity contribution in [2.24, 2.45) is 5.84 Å². The van der Waals surface area contributed by atoms with Crippen LogP contribution in [0.4, 0.5) is 4.79 Å². The monoisotopic (exact) mass is 158 g/mol. The number of carbonyl (C=O) groups is 1. The fraction of sp³-hybridized carbons (Fsp3) is 0.833. The highest BCUT2D eigenvalue weighted by Gasteiger charge is 2.14. The molecule has 2 amide bonds. The summed E-state index contributed by atoms with van der Waals surface area (Å²) >= 11 is 0. The van der Waals surface area contributed by atoms with Gasteiger partial charge in [-0.15, -0.1) is 0 Å². The van der Waals surface area contributed by atoms with Crippen molar-refractivity contribution in [2.45, 2.75) is 31.7 Å². The quantitative estimate of drug-likeness (QED) is 0.251.